The van der Waals surface area contributed by atoms with Gasteiger partial charge in [0.15, 0.2) is 0 Å². The van der Waals surface area contributed by atoms with E-state index >= 15 is 0 Å². The van der Waals surface area contributed by atoms with Crippen molar-refractivity contribution >= 4 is 10.1 Å². The summed E-state index contributed by atoms with van der Waals surface area (Å²) in [5.41, 5.74) is 0.123. The summed E-state index contributed by atoms with van der Waals surface area (Å²) in [6.45, 7) is 2.39. The lowest BCUT2D eigenvalue weighted by atomic mass is 10.2. The molecule has 15 heavy (non-hydrogen) atoms. The molecule has 0 saturated carbocycles. The smallest absolute Gasteiger partial charge is 0.264 e. The number of halogens is 1. The van der Waals surface area contributed by atoms with E-state index < -0.39 is 22.9 Å². The van der Waals surface area contributed by atoms with Gasteiger partial charge in [-0.3, -0.25) is 4.18 Å². The zero-order valence-corrected chi connectivity index (χ0v) is 9.42. The zero-order chi connectivity index (χ0) is 11.5. The normalized spacial score (nSPS) is 12.0. The summed E-state index contributed by atoms with van der Waals surface area (Å²) in [6, 6.07) is 5.89. The van der Waals surface area contributed by atoms with Gasteiger partial charge in [0.05, 0.1) is 11.0 Å². The average Bonchev–Trinajstić information content (AvgIpc) is 2.16. The van der Waals surface area contributed by atoms with Gasteiger partial charge in [0.2, 0.25) is 0 Å². The molecule has 1 rings (SSSR count). The molecule has 3 nitrogen and oxygen atoms in total. The fourth-order valence-electron chi connectivity index (χ4n) is 1.16. The molecule has 84 valence electrons. The molecule has 0 aliphatic rings. The van der Waals surface area contributed by atoms with E-state index in [4.69, 9.17) is 4.18 Å². The zero-order valence-electron chi connectivity index (χ0n) is 8.60. The van der Waals surface area contributed by atoms with Crippen LogP contribution >= 0.6 is 0 Å². The minimum absolute atomic E-state index is 0.0961. The number of benzene rings is 1. The van der Waals surface area contributed by atoms with Crippen LogP contribution in [0.25, 0.3) is 0 Å². The molecule has 5 heteroatoms. The van der Waals surface area contributed by atoms with Crippen molar-refractivity contribution in [3.63, 3.8) is 0 Å². The van der Waals surface area contributed by atoms with Crippen LogP contribution in [0.4, 0.5) is 4.39 Å². The van der Waals surface area contributed by atoms with Gasteiger partial charge in [0.1, 0.15) is 6.67 Å². The molecule has 0 unspecified atom stereocenters. The lowest BCUT2D eigenvalue weighted by Crippen LogP contribution is -2.13. The molecule has 0 N–H and O–H groups in total. The lowest BCUT2D eigenvalue weighted by molar-refractivity contribution is 0.248. The first kappa shape index (κ1) is 12.1. The Morgan fingerprint density at radius 2 is 1.93 bits per heavy atom. The first-order chi connectivity index (χ1) is 6.97. The molecule has 1 aromatic carbocycles. The van der Waals surface area contributed by atoms with E-state index in [-0.39, 0.29) is 10.5 Å². The Balaban J connectivity index is 3.15. The van der Waals surface area contributed by atoms with Gasteiger partial charge in [-0.1, -0.05) is 18.2 Å². The SMILES string of the molecule is CC(C)OS(=O)(=O)c1ccccc1CF. The summed E-state index contributed by atoms with van der Waals surface area (Å²) in [5.74, 6) is 0. The van der Waals surface area contributed by atoms with Crippen LogP contribution in [0.2, 0.25) is 0 Å². The van der Waals surface area contributed by atoms with Crippen LogP contribution in [-0.4, -0.2) is 14.5 Å². The molecule has 0 heterocycles. The number of hydrogen-bond acceptors (Lipinski definition) is 3. The minimum Gasteiger partial charge on any atom is -0.264 e. The van der Waals surface area contributed by atoms with Crippen molar-refractivity contribution in [2.24, 2.45) is 0 Å². The molecular weight excluding hydrogens is 219 g/mol. The third-order valence-electron chi connectivity index (χ3n) is 1.71. The fourth-order valence-corrected chi connectivity index (χ4v) is 2.46. The van der Waals surface area contributed by atoms with Gasteiger partial charge < -0.3 is 0 Å². The summed E-state index contributed by atoms with van der Waals surface area (Å²) < 4.78 is 40.6. The Hall–Kier alpha value is -0.940. The van der Waals surface area contributed by atoms with Crippen molar-refractivity contribution in [2.75, 3.05) is 0 Å². The molecule has 0 saturated heterocycles. The Morgan fingerprint density at radius 3 is 2.47 bits per heavy atom. The maximum absolute atomic E-state index is 12.5. The standard InChI is InChI=1S/C10H13FO3S/c1-8(2)14-15(12,13)10-6-4-3-5-9(10)7-11/h3-6,8H,7H2,1-2H3. The van der Waals surface area contributed by atoms with Crippen molar-refractivity contribution in [3.05, 3.63) is 29.8 Å². The average molecular weight is 232 g/mol. The van der Waals surface area contributed by atoms with Crippen molar-refractivity contribution in [3.8, 4) is 0 Å². The summed E-state index contributed by atoms with van der Waals surface area (Å²) in [5, 5.41) is 0. The summed E-state index contributed by atoms with van der Waals surface area (Å²) >= 11 is 0. The van der Waals surface area contributed by atoms with Crippen LogP contribution in [0.3, 0.4) is 0 Å². The first-order valence-electron chi connectivity index (χ1n) is 4.54. The van der Waals surface area contributed by atoms with Crippen LogP contribution in [0.15, 0.2) is 29.2 Å². The quantitative estimate of drug-likeness (QED) is 0.748. The Morgan fingerprint density at radius 1 is 1.33 bits per heavy atom. The van der Waals surface area contributed by atoms with Gasteiger partial charge in [-0.2, -0.15) is 8.42 Å². The second kappa shape index (κ2) is 4.72. The van der Waals surface area contributed by atoms with E-state index in [1.54, 1.807) is 19.9 Å². The van der Waals surface area contributed by atoms with Crippen molar-refractivity contribution < 1.29 is 17.0 Å². The second-order valence-corrected chi connectivity index (χ2v) is 4.88. The van der Waals surface area contributed by atoms with Crippen LogP contribution in [0.5, 0.6) is 0 Å². The Labute approximate surface area is 89.0 Å². The maximum atomic E-state index is 12.5. The van der Waals surface area contributed by atoms with Gasteiger partial charge in [0, 0.05) is 5.56 Å². The van der Waals surface area contributed by atoms with Crippen LogP contribution in [-0.2, 0) is 21.0 Å². The van der Waals surface area contributed by atoms with Crippen LogP contribution in [0.1, 0.15) is 19.4 Å². The topological polar surface area (TPSA) is 43.4 Å². The fraction of sp³-hybridized carbons (Fsp3) is 0.400. The highest BCUT2D eigenvalue weighted by Crippen LogP contribution is 2.19. The summed E-state index contributed by atoms with van der Waals surface area (Å²) in [4.78, 5) is -0.0961. The molecule has 0 bridgehead atoms. The van der Waals surface area contributed by atoms with Crippen LogP contribution < -0.4 is 0 Å². The first-order valence-corrected chi connectivity index (χ1v) is 5.95. The van der Waals surface area contributed by atoms with Crippen molar-refractivity contribution in [1.29, 1.82) is 0 Å². The number of rotatable bonds is 4. The molecule has 0 aromatic heterocycles. The highest BCUT2D eigenvalue weighted by atomic mass is 32.2. The van der Waals surface area contributed by atoms with E-state index in [2.05, 4.69) is 0 Å². The molecule has 0 aliphatic carbocycles. The molecular formula is C10H13FO3S. The summed E-state index contributed by atoms with van der Waals surface area (Å²) in [6.07, 6.45) is -0.456. The molecule has 0 fully saturated rings. The molecule has 0 radical (unpaired) electrons. The lowest BCUT2D eigenvalue weighted by Gasteiger charge is -2.10. The van der Waals surface area contributed by atoms with Gasteiger partial charge in [-0.05, 0) is 19.9 Å². The van der Waals surface area contributed by atoms with E-state index in [0.29, 0.717) is 0 Å². The van der Waals surface area contributed by atoms with E-state index in [0.717, 1.165) is 0 Å². The van der Waals surface area contributed by atoms with Gasteiger partial charge in [0.25, 0.3) is 10.1 Å². The van der Waals surface area contributed by atoms with E-state index in [1.807, 2.05) is 0 Å². The van der Waals surface area contributed by atoms with Gasteiger partial charge in [-0.25, -0.2) is 4.39 Å². The largest absolute Gasteiger partial charge is 0.297 e. The molecule has 0 atom stereocenters. The third kappa shape index (κ3) is 3.00. The van der Waals surface area contributed by atoms with E-state index in [1.165, 1.54) is 18.2 Å². The summed E-state index contributed by atoms with van der Waals surface area (Å²) in [7, 11) is -3.84. The molecule has 0 aliphatic heterocycles. The maximum Gasteiger partial charge on any atom is 0.297 e. The molecule has 0 spiro atoms. The second-order valence-electron chi connectivity index (χ2n) is 3.34. The highest BCUT2D eigenvalue weighted by Gasteiger charge is 2.20. The predicted molar refractivity (Wildman–Crippen MR) is 54.7 cm³/mol. The Bertz CT molecular complexity index is 426. The monoisotopic (exact) mass is 232 g/mol. The van der Waals surface area contributed by atoms with E-state index in [9.17, 15) is 12.8 Å². The number of alkyl halides is 1. The van der Waals surface area contributed by atoms with Crippen molar-refractivity contribution in [2.45, 2.75) is 31.5 Å². The highest BCUT2D eigenvalue weighted by molar-refractivity contribution is 7.86. The van der Waals surface area contributed by atoms with Gasteiger partial charge >= 0.3 is 0 Å². The van der Waals surface area contributed by atoms with Gasteiger partial charge in [-0.15, -0.1) is 0 Å². The minimum atomic E-state index is -3.84. The Kier molecular flexibility index (Phi) is 3.82. The third-order valence-corrected chi connectivity index (χ3v) is 3.28. The van der Waals surface area contributed by atoms with Crippen LogP contribution in [0, 0.1) is 0 Å². The predicted octanol–water partition coefficient (Wildman–Crippen LogP) is 2.27. The molecule has 1 aromatic rings. The molecule has 0 amide bonds. The number of hydrogen-bond donors (Lipinski definition) is 0. The van der Waals surface area contributed by atoms with Crippen molar-refractivity contribution in [1.82, 2.24) is 0 Å².